The van der Waals surface area contributed by atoms with E-state index in [2.05, 4.69) is 12.2 Å². The van der Waals surface area contributed by atoms with Crippen molar-refractivity contribution in [2.24, 2.45) is 0 Å². The van der Waals surface area contributed by atoms with E-state index in [4.69, 9.17) is 4.74 Å². The average molecular weight is 350 g/mol. The van der Waals surface area contributed by atoms with Crippen molar-refractivity contribution in [1.29, 1.82) is 0 Å². The largest absolute Gasteiger partial charge is 0.449 e. The highest BCUT2D eigenvalue weighted by Gasteiger charge is 2.08. The molecule has 0 heterocycles. The average Bonchev–Trinajstić information content (AvgIpc) is 2.60. The molecule has 0 radical (unpaired) electrons. The Labute approximate surface area is 150 Å². The first-order chi connectivity index (χ1) is 12.1. The zero-order valence-corrected chi connectivity index (χ0v) is 15.2. The summed E-state index contributed by atoms with van der Waals surface area (Å²) < 4.78 is 5.10. The van der Waals surface area contributed by atoms with E-state index in [0.717, 1.165) is 12.8 Å². The molecule has 0 fully saturated rings. The summed E-state index contributed by atoms with van der Waals surface area (Å²) in [5.41, 5.74) is 0.301. The smallest absolute Gasteiger partial charge is 0.411 e. The van der Waals surface area contributed by atoms with Crippen LogP contribution in [-0.4, -0.2) is 17.6 Å². The Hall–Kier alpha value is -2.11. The van der Waals surface area contributed by atoms with Crippen LogP contribution in [0.15, 0.2) is 24.3 Å². The fraction of sp³-hybridized carbons (Fsp3) is 0.632. The van der Waals surface area contributed by atoms with Crippen LogP contribution >= 0.6 is 0 Å². The van der Waals surface area contributed by atoms with Crippen LogP contribution in [0.2, 0.25) is 0 Å². The number of nitrogens with one attached hydrogen (secondary N) is 1. The standard InChI is InChI=1S/C19H30N2O4/c1-2-3-4-5-6-7-8-9-10-11-15-25-19(22)20-17-13-12-14-18(16-17)21(23)24/h12-14,16H,2-11,15H2,1H3,(H,20,22). The monoisotopic (exact) mass is 350 g/mol. The van der Waals surface area contributed by atoms with Gasteiger partial charge in [0.2, 0.25) is 0 Å². The van der Waals surface area contributed by atoms with Crippen LogP contribution in [0.3, 0.4) is 0 Å². The van der Waals surface area contributed by atoms with Crippen LogP contribution in [0.25, 0.3) is 0 Å². The molecule has 6 nitrogen and oxygen atoms in total. The first-order valence-corrected chi connectivity index (χ1v) is 9.31. The van der Waals surface area contributed by atoms with Gasteiger partial charge in [0, 0.05) is 12.1 Å². The van der Waals surface area contributed by atoms with Crippen LogP contribution in [0.4, 0.5) is 16.2 Å². The summed E-state index contributed by atoms with van der Waals surface area (Å²) in [4.78, 5) is 21.8. The number of carbonyl (C=O) groups is 1. The maximum Gasteiger partial charge on any atom is 0.411 e. The topological polar surface area (TPSA) is 81.5 Å². The molecule has 0 saturated heterocycles. The molecule has 1 aromatic carbocycles. The number of nitro benzene ring substituents is 1. The van der Waals surface area contributed by atoms with E-state index < -0.39 is 11.0 Å². The number of non-ortho nitro benzene ring substituents is 1. The fourth-order valence-corrected chi connectivity index (χ4v) is 2.61. The molecule has 0 aromatic heterocycles. The predicted octanol–water partition coefficient (Wildman–Crippen LogP) is 6.06. The number of hydrogen-bond acceptors (Lipinski definition) is 4. The number of carbonyl (C=O) groups excluding carboxylic acids is 1. The van der Waals surface area contributed by atoms with E-state index in [-0.39, 0.29) is 5.69 Å². The lowest BCUT2D eigenvalue weighted by atomic mass is 10.1. The summed E-state index contributed by atoms with van der Waals surface area (Å²) >= 11 is 0. The number of amides is 1. The van der Waals surface area contributed by atoms with E-state index in [9.17, 15) is 14.9 Å². The molecule has 1 rings (SSSR count). The van der Waals surface area contributed by atoms with Gasteiger partial charge in [-0.3, -0.25) is 15.4 Å². The number of nitrogens with zero attached hydrogens (tertiary/aromatic N) is 1. The zero-order chi connectivity index (χ0) is 18.3. The molecule has 0 aliphatic carbocycles. The van der Waals surface area contributed by atoms with Crippen LogP contribution in [0.5, 0.6) is 0 Å². The molecule has 0 unspecified atom stereocenters. The molecule has 1 aromatic rings. The third-order valence-electron chi connectivity index (χ3n) is 4.03. The number of hydrogen-bond donors (Lipinski definition) is 1. The van der Waals surface area contributed by atoms with Gasteiger partial charge < -0.3 is 4.74 Å². The van der Waals surface area contributed by atoms with Gasteiger partial charge in [-0.25, -0.2) is 4.79 Å². The molecule has 1 N–H and O–H groups in total. The maximum atomic E-state index is 11.7. The van der Waals surface area contributed by atoms with Crippen molar-refractivity contribution < 1.29 is 14.5 Å². The number of nitro groups is 1. The molecule has 0 saturated carbocycles. The third kappa shape index (κ3) is 10.4. The molecule has 1 amide bonds. The Bertz CT molecular complexity index is 520. The molecule has 140 valence electrons. The lowest BCUT2D eigenvalue weighted by Gasteiger charge is -2.07. The highest BCUT2D eigenvalue weighted by atomic mass is 16.6. The van der Waals surface area contributed by atoms with Crippen LogP contribution in [0, 0.1) is 10.1 Å². The summed E-state index contributed by atoms with van der Waals surface area (Å²) in [7, 11) is 0. The van der Waals surface area contributed by atoms with Crippen LogP contribution < -0.4 is 5.32 Å². The summed E-state index contributed by atoms with van der Waals surface area (Å²) in [6.07, 6.45) is 11.7. The Morgan fingerprint density at radius 2 is 1.64 bits per heavy atom. The number of unbranched alkanes of at least 4 members (excludes halogenated alkanes) is 9. The van der Waals surface area contributed by atoms with Crippen molar-refractivity contribution in [1.82, 2.24) is 0 Å². The van der Waals surface area contributed by atoms with Gasteiger partial charge in [0.05, 0.1) is 17.2 Å². The van der Waals surface area contributed by atoms with Gasteiger partial charge in [-0.1, -0.05) is 70.8 Å². The van der Waals surface area contributed by atoms with E-state index in [1.54, 1.807) is 6.07 Å². The molecule has 0 aliphatic heterocycles. The Balaban J connectivity index is 2.02. The summed E-state index contributed by atoms with van der Waals surface area (Å²) in [5, 5.41) is 13.2. The van der Waals surface area contributed by atoms with Gasteiger partial charge in [-0.05, 0) is 12.5 Å². The minimum absolute atomic E-state index is 0.0625. The number of ether oxygens (including phenoxy) is 1. The Kier molecular flexibility index (Phi) is 11.1. The molecule has 0 aliphatic rings. The summed E-state index contributed by atoms with van der Waals surface area (Å²) in [5.74, 6) is 0. The van der Waals surface area contributed by atoms with Gasteiger partial charge in [0.25, 0.3) is 5.69 Å². The highest BCUT2D eigenvalue weighted by Crippen LogP contribution is 2.17. The summed E-state index contributed by atoms with van der Waals surface area (Å²) in [6, 6.07) is 5.80. The van der Waals surface area contributed by atoms with Crippen molar-refractivity contribution in [3.8, 4) is 0 Å². The van der Waals surface area contributed by atoms with Crippen molar-refractivity contribution in [3.63, 3.8) is 0 Å². The molecule has 0 spiro atoms. The summed E-state index contributed by atoms with van der Waals surface area (Å²) in [6.45, 7) is 2.60. The second kappa shape index (κ2) is 13.2. The van der Waals surface area contributed by atoms with Gasteiger partial charge in [0.1, 0.15) is 0 Å². The minimum atomic E-state index is -0.573. The van der Waals surface area contributed by atoms with Gasteiger partial charge in [-0.15, -0.1) is 0 Å². The number of benzene rings is 1. The number of rotatable bonds is 13. The number of anilines is 1. The van der Waals surface area contributed by atoms with Crippen molar-refractivity contribution in [2.75, 3.05) is 11.9 Å². The maximum absolute atomic E-state index is 11.7. The van der Waals surface area contributed by atoms with Crippen LogP contribution in [0.1, 0.15) is 71.1 Å². The molecular formula is C19H30N2O4. The van der Waals surface area contributed by atoms with Crippen molar-refractivity contribution in [2.45, 2.75) is 71.1 Å². The zero-order valence-electron chi connectivity index (χ0n) is 15.2. The molecule has 6 heteroatoms. The second-order valence-corrected chi connectivity index (χ2v) is 6.25. The molecular weight excluding hydrogens is 320 g/mol. The van der Waals surface area contributed by atoms with Gasteiger partial charge in [0.15, 0.2) is 0 Å². The quantitative estimate of drug-likeness (QED) is 0.266. The molecule has 0 bridgehead atoms. The van der Waals surface area contributed by atoms with Crippen molar-refractivity contribution in [3.05, 3.63) is 34.4 Å². The Morgan fingerprint density at radius 1 is 1.04 bits per heavy atom. The van der Waals surface area contributed by atoms with E-state index in [1.807, 2.05) is 0 Å². The predicted molar refractivity (Wildman–Crippen MR) is 99.9 cm³/mol. The van der Waals surface area contributed by atoms with Gasteiger partial charge in [-0.2, -0.15) is 0 Å². The first-order valence-electron chi connectivity index (χ1n) is 9.31. The first kappa shape index (κ1) is 20.9. The Morgan fingerprint density at radius 3 is 2.24 bits per heavy atom. The van der Waals surface area contributed by atoms with Gasteiger partial charge >= 0.3 is 6.09 Å². The minimum Gasteiger partial charge on any atom is -0.449 e. The second-order valence-electron chi connectivity index (χ2n) is 6.25. The van der Waals surface area contributed by atoms with E-state index in [0.29, 0.717) is 12.3 Å². The third-order valence-corrected chi connectivity index (χ3v) is 4.03. The van der Waals surface area contributed by atoms with Crippen LogP contribution in [-0.2, 0) is 4.74 Å². The van der Waals surface area contributed by atoms with E-state index in [1.165, 1.54) is 69.6 Å². The molecule has 25 heavy (non-hydrogen) atoms. The fourth-order valence-electron chi connectivity index (χ4n) is 2.61. The highest BCUT2D eigenvalue weighted by molar-refractivity contribution is 5.85. The molecule has 0 atom stereocenters. The SMILES string of the molecule is CCCCCCCCCCCCOC(=O)Nc1cccc([N+](=O)[O-])c1. The van der Waals surface area contributed by atoms with Crippen molar-refractivity contribution >= 4 is 17.5 Å². The normalized spacial score (nSPS) is 10.4. The van der Waals surface area contributed by atoms with E-state index >= 15 is 0 Å². The lowest BCUT2D eigenvalue weighted by Crippen LogP contribution is -2.14. The lowest BCUT2D eigenvalue weighted by molar-refractivity contribution is -0.384.